The summed E-state index contributed by atoms with van der Waals surface area (Å²) in [7, 11) is 0. The predicted molar refractivity (Wildman–Crippen MR) is 96.9 cm³/mol. The molecule has 1 unspecified atom stereocenters. The lowest BCUT2D eigenvalue weighted by molar-refractivity contribution is 0.0157. The van der Waals surface area contributed by atoms with E-state index in [1.54, 1.807) is 11.3 Å². The zero-order chi connectivity index (χ0) is 16.7. The quantitative estimate of drug-likeness (QED) is 0.746. The smallest absolute Gasteiger partial charge is 0.0743 e. The van der Waals surface area contributed by atoms with Crippen molar-refractivity contribution in [1.29, 1.82) is 0 Å². The second-order valence-electron chi connectivity index (χ2n) is 6.23. The van der Waals surface area contributed by atoms with E-state index in [-0.39, 0.29) is 6.04 Å². The second kappa shape index (κ2) is 6.22. The minimum atomic E-state index is 0.0738. The Hall–Kier alpha value is -1.86. The molecule has 0 bridgehead atoms. The highest BCUT2D eigenvalue weighted by atomic mass is 35.5. The Labute approximate surface area is 145 Å². The highest BCUT2D eigenvalue weighted by Gasteiger charge is 2.26. The van der Waals surface area contributed by atoms with E-state index in [0.717, 1.165) is 36.0 Å². The number of hydrazine groups is 2. The second-order valence-corrected chi connectivity index (χ2v) is 6.63. The molecule has 1 atom stereocenters. The van der Waals surface area contributed by atoms with Crippen molar-refractivity contribution in [1.82, 2.24) is 25.6 Å². The van der Waals surface area contributed by atoms with Crippen LogP contribution in [0.4, 0.5) is 0 Å². The largest absolute Gasteiger partial charge is 0.313 e. The van der Waals surface area contributed by atoms with Gasteiger partial charge in [0.25, 0.3) is 0 Å². The normalized spacial score (nSPS) is 20.0. The number of halogens is 1. The Bertz CT molecular complexity index is 824. The number of aromatic nitrogens is 2. The van der Waals surface area contributed by atoms with Crippen LogP contribution in [0.3, 0.4) is 0 Å². The van der Waals surface area contributed by atoms with E-state index in [4.69, 9.17) is 17.4 Å². The molecule has 4 rings (SSSR count). The van der Waals surface area contributed by atoms with Gasteiger partial charge in [-0.2, -0.15) is 10.2 Å². The van der Waals surface area contributed by atoms with Crippen LogP contribution in [0.2, 0.25) is 5.02 Å². The first kappa shape index (κ1) is 15.7. The maximum absolute atomic E-state index is 6.53. The molecule has 2 aromatic rings. The first-order chi connectivity index (χ1) is 11.7. The summed E-state index contributed by atoms with van der Waals surface area (Å²) in [4.78, 5) is 0. The van der Waals surface area contributed by atoms with Gasteiger partial charge in [-0.1, -0.05) is 17.7 Å². The molecule has 0 saturated carbocycles. The number of H-pyrrole nitrogens is 1. The maximum atomic E-state index is 6.53. The SMILES string of the molecule is CC(c1cc(Cl)c2cn[nH]c2c1C1=CCNCC1)N1C=CCN1N. The molecular formula is C17H21ClN6. The fourth-order valence-corrected chi connectivity index (χ4v) is 3.81. The van der Waals surface area contributed by atoms with Crippen LogP contribution in [0.15, 0.2) is 30.6 Å². The summed E-state index contributed by atoms with van der Waals surface area (Å²) in [5, 5.41) is 16.2. The van der Waals surface area contributed by atoms with E-state index in [9.17, 15) is 0 Å². The molecule has 2 aliphatic rings. The summed E-state index contributed by atoms with van der Waals surface area (Å²) in [6.45, 7) is 4.72. The predicted octanol–water partition coefficient (Wildman–Crippen LogP) is 2.57. The minimum Gasteiger partial charge on any atom is -0.313 e. The van der Waals surface area contributed by atoms with Crippen LogP contribution in [0, 0.1) is 0 Å². The molecule has 0 amide bonds. The summed E-state index contributed by atoms with van der Waals surface area (Å²) in [6.07, 6.45) is 9.11. The standard InChI is InChI=1S/C17H21ClN6/c1-11(23-7-2-8-24(23)19)13-9-15(18)14-10-21-22-17(14)16(13)12-3-5-20-6-4-12/h2-3,7,9-11,20H,4-6,8,19H2,1H3,(H,21,22). The van der Waals surface area contributed by atoms with Gasteiger partial charge in [0.2, 0.25) is 0 Å². The van der Waals surface area contributed by atoms with Crippen molar-refractivity contribution in [3.63, 3.8) is 0 Å². The van der Waals surface area contributed by atoms with Gasteiger partial charge in [0.15, 0.2) is 0 Å². The highest BCUT2D eigenvalue weighted by molar-refractivity contribution is 6.35. The van der Waals surface area contributed by atoms with E-state index in [0.29, 0.717) is 11.6 Å². The highest BCUT2D eigenvalue weighted by Crippen LogP contribution is 2.39. The van der Waals surface area contributed by atoms with Crippen LogP contribution >= 0.6 is 11.6 Å². The number of benzene rings is 1. The topological polar surface area (TPSA) is 73.2 Å². The minimum absolute atomic E-state index is 0.0738. The Morgan fingerprint density at radius 1 is 1.42 bits per heavy atom. The number of aromatic amines is 1. The third-order valence-corrected chi connectivity index (χ3v) is 5.11. The third-order valence-electron chi connectivity index (χ3n) is 4.80. The molecule has 0 spiro atoms. The van der Waals surface area contributed by atoms with Gasteiger partial charge in [-0.3, -0.25) is 16.0 Å². The van der Waals surface area contributed by atoms with E-state index in [2.05, 4.69) is 40.7 Å². The van der Waals surface area contributed by atoms with Crippen LogP contribution in [0.5, 0.6) is 0 Å². The van der Waals surface area contributed by atoms with Crippen LogP contribution in [0.25, 0.3) is 16.5 Å². The van der Waals surface area contributed by atoms with Gasteiger partial charge in [-0.25, -0.2) is 0 Å². The summed E-state index contributed by atoms with van der Waals surface area (Å²) < 4.78 is 0. The van der Waals surface area contributed by atoms with Crippen molar-refractivity contribution >= 4 is 28.1 Å². The molecule has 1 aromatic carbocycles. The maximum Gasteiger partial charge on any atom is 0.0743 e. The molecule has 7 heteroatoms. The van der Waals surface area contributed by atoms with Gasteiger partial charge < -0.3 is 5.32 Å². The van der Waals surface area contributed by atoms with Crippen LogP contribution in [0.1, 0.15) is 30.5 Å². The van der Waals surface area contributed by atoms with Gasteiger partial charge in [0, 0.05) is 23.7 Å². The zero-order valence-electron chi connectivity index (χ0n) is 13.6. The van der Waals surface area contributed by atoms with Crippen LogP contribution < -0.4 is 11.2 Å². The molecule has 4 N–H and O–H groups in total. The number of hydrogen-bond acceptors (Lipinski definition) is 5. The van der Waals surface area contributed by atoms with Crippen molar-refractivity contribution < 1.29 is 0 Å². The molecule has 0 aliphatic carbocycles. The molecule has 1 aromatic heterocycles. The average molecular weight is 345 g/mol. The average Bonchev–Trinajstić information content (AvgIpc) is 3.24. The van der Waals surface area contributed by atoms with Crippen molar-refractivity contribution in [2.45, 2.75) is 19.4 Å². The zero-order valence-corrected chi connectivity index (χ0v) is 14.3. The number of fused-ring (bicyclic) bond motifs is 1. The van der Waals surface area contributed by atoms with Gasteiger partial charge in [0.1, 0.15) is 0 Å². The van der Waals surface area contributed by atoms with Crippen molar-refractivity contribution in [2.75, 3.05) is 19.6 Å². The number of hydrogen-bond donors (Lipinski definition) is 3. The first-order valence-electron chi connectivity index (χ1n) is 8.19. The van der Waals surface area contributed by atoms with Gasteiger partial charge in [-0.15, -0.1) is 0 Å². The van der Waals surface area contributed by atoms with Crippen molar-refractivity contribution in [2.24, 2.45) is 5.84 Å². The monoisotopic (exact) mass is 344 g/mol. The molecule has 2 aliphatic heterocycles. The fraction of sp³-hybridized carbons (Fsp3) is 0.353. The van der Waals surface area contributed by atoms with E-state index < -0.39 is 0 Å². The number of nitrogens with zero attached hydrogens (tertiary/aromatic N) is 3. The lowest BCUT2D eigenvalue weighted by Gasteiger charge is -2.33. The van der Waals surface area contributed by atoms with Gasteiger partial charge >= 0.3 is 0 Å². The molecule has 24 heavy (non-hydrogen) atoms. The number of nitrogens with one attached hydrogen (secondary N) is 2. The van der Waals surface area contributed by atoms with E-state index in [1.165, 1.54) is 11.1 Å². The summed E-state index contributed by atoms with van der Waals surface area (Å²) in [5.41, 5.74) is 4.69. The number of rotatable bonds is 3. The molecule has 0 saturated heterocycles. The van der Waals surface area contributed by atoms with Crippen LogP contribution in [-0.2, 0) is 0 Å². The lowest BCUT2D eigenvalue weighted by atomic mass is 9.90. The number of nitrogens with two attached hydrogens (primary N) is 1. The molecule has 6 nitrogen and oxygen atoms in total. The molecule has 126 valence electrons. The molecule has 0 radical (unpaired) electrons. The Kier molecular flexibility index (Phi) is 4.05. The van der Waals surface area contributed by atoms with Crippen LogP contribution in [-0.4, -0.2) is 40.0 Å². The van der Waals surface area contributed by atoms with Crippen molar-refractivity contribution in [3.05, 3.63) is 46.8 Å². The van der Waals surface area contributed by atoms with Gasteiger partial charge in [-0.05, 0) is 43.2 Å². The summed E-state index contributed by atoms with van der Waals surface area (Å²) >= 11 is 6.53. The summed E-state index contributed by atoms with van der Waals surface area (Å²) in [6, 6.07) is 2.13. The Morgan fingerprint density at radius 2 is 2.29 bits per heavy atom. The third kappa shape index (κ3) is 2.52. The molecule has 0 fully saturated rings. The van der Waals surface area contributed by atoms with E-state index >= 15 is 0 Å². The van der Waals surface area contributed by atoms with Crippen molar-refractivity contribution in [3.8, 4) is 0 Å². The molecular weight excluding hydrogens is 324 g/mol. The van der Waals surface area contributed by atoms with E-state index in [1.807, 2.05) is 11.2 Å². The van der Waals surface area contributed by atoms with Gasteiger partial charge in [0.05, 0.1) is 29.3 Å². The lowest BCUT2D eigenvalue weighted by Crippen LogP contribution is -2.42. The summed E-state index contributed by atoms with van der Waals surface area (Å²) in [5.74, 6) is 6.10. The Balaban J connectivity index is 1.90. The Morgan fingerprint density at radius 3 is 3.00 bits per heavy atom. The fourth-order valence-electron chi connectivity index (χ4n) is 3.55. The molecule has 3 heterocycles. The first-order valence-corrected chi connectivity index (χ1v) is 8.57.